The monoisotopic (exact) mass is 280 g/mol. The van der Waals surface area contributed by atoms with Gasteiger partial charge in [-0.2, -0.15) is 10.1 Å². The van der Waals surface area contributed by atoms with E-state index in [2.05, 4.69) is 20.5 Å². The quantitative estimate of drug-likeness (QED) is 0.870. The van der Waals surface area contributed by atoms with Crippen molar-refractivity contribution in [2.75, 3.05) is 18.5 Å². The molecule has 0 radical (unpaired) electrons. The molecule has 3 rings (SSSR count). The van der Waals surface area contributed by atoms with Gasteiger partial charge in [0.2, 0.25) is 5.95 Å². The molecule has 19 heavy (non-hydrogen) atoms. The van der Waals surface area contributed by atoms with E-state index in [9.17, 15) is 4.79 Å². The number of aromatic nitrogens is 3. The summed E-state index contributed by atoms with van der Waals surface area (Å²) < 4.78 is 10.8. The number of anilines is 1. The third-order valence-electron chi connectivity index (χ3n) is 2.51. The van der Waals surface area contributed by atoms with Gasteiger partial charge in [0.05, 0.1) is 5.02 Å². The predicted octanol–water partition coefficient (Wildman–Crippen LogP) is 1.48. The van der Waals surface area contributed by atoms with Crippen molar-refractivity contribution in [3.05, 3.63) is 29.0 Å². The summed E-state index contributed by atoms with van der Waals surface area (Å²) in [6.07, 6.45) is 1.30. The first kappa shape index (κ1) is 11.8. The van der Waals surface area contributed by atoms with E-state index in [4.69, 9.17) is 21.1 Å². The van der Waals surface area contributed by atoms with Crippen molar-refractivity contribution in [3.8, 4) is 11.5 Å². The van der Waals surface area contributed by atoms with Crippen LogP contribution >= 0.6 is 11.6 Å². The molecule has 1 aliphatic heterocycles. The van der Waals surface area contributed by atoms with E-state index < -0.39 is 0 Å². The highest BCUT2D eigenvalue weighted by molar-refractivity contribution is 6.32. The van der Waals surface area contributed by atoms with Gasteiger partial charge >= 0.3 is 0 Å². The van der Waals surface area contributed by atoms with Gasteiger partial charge in [-0.25, -0.2) is 5.10 Å². The highest BCUT2D eigenvalue weighted by atomic mass is 35.5. The van der Waals surface area contributed by atoms with Crippen LogP contribution in [0.25, 0.3) is 0 Å². The molecule has 2 N–H and O–H groups in total. The van der Waals surface area contributed by atoms with E-state index in [1.54, 1.807) is 6.07 Å². The molecule has 1 aromatic carbocycles. The number of fused-ring (bicyclic) bond motifs is 1. The topological polar surface area (TPSA) is 89.1 Å². The normalized spacial score (nSPS) is 13.1. The molecule has 0 fully saturated rings. The fraction of sp³-hybridized carbons (Fsp3) is 0.182. The van der Waals surface area contributed by atoms with Gasteiger partial charge in [-0.15, -0.1) is 0 Å². The number of benzene rings is 1. The molecular formula is C11H9ClN4O3. The zero-order valence-electron chi connectivity index (χ0n) is 9.64. The number of halogens is 1. The zero-order valence-corrected chi connectivity index (χ0v) is 10.4. The third kappa shape index (κ3) is 2.32. The molecule has 8 heteroatoms. The van der Waals surface area contributed by atoms with Crippen molar-refractivity contribution in [2.24, 2.45) is 0 Å². The number of nitrogens with one attached hydrogen (secondary N) is 2. The smallest absolute Gasteiger partial charge is 0.258 e. The number of aromatic amines is 1. The highest BCUT2D eigenvalue weighted by Gasteiger charge is 2.19. The van der Waals surface area contributed by atoms with Crippen LogP contribution in [0.2, 0.25) is 5.02 Å². The largest absolute Gasteiger partial charge is 0.486 e. The summed E-state index contributed by atoms with van der Waals surface area (Å²) in [7, 11) is 0. The SMILES string of the molecule is O=C(Nc1ncn[nH]1)c1cc(Cl)c2c(c1)OCCO2. The number of carbonyl (C=O) groups excluding carboxylic acids is 1. The predicted molar refractivity (Wildman–Crippen MR) is 66.8 cm³/mol. The van der Waals surface area contributed by atoms with Crippen molar-refractivity contribution in [1.29, 1.82) is 0 Å². The molecule has 0 unspecified atom stereocenters. The van der Waals surface area contributed by atoms with Gasteiger partial charge in [0.1, 0.15) is 19.5 Å². The van der Waals surface area contributed by atoms with E-state index in [1.165, 1.54) is 12.4 Å². The number of nitrogens with zero attached hydrogens (tertiary/aromatic N) is 2. The Morgan fingerprint density at radius 1 is 1.37 bits per heavy atom. The van der Waals surface area contributed by atoms with Gasteiger partial charge in [-0.3, -0.25) is 10.1 Å². The van der Waals surface area contributed by atoms with Crippen LogP contribution in [0.1, 0.15) is 10.4 Å². The number of rotatable bonds is 2. The zero-order chi connectivity index (χ0) is 13.2. The molecule has 0 spiro atoms. The molecule has 0 bridgehead atoms. The Morgan fingerprint density at radius 3 is 3.00 bits per heavy atom. The van der Waals surface area contributed by atoms with E-state index in [0.717, 1.165) is 0 Å². The standard InChI is InChI=1S/C11H9ClN4O3/c12-7-3-6(4-8-9(7)19-2-1-18-8)10(17)15-11-13-5-14-16-11/h3-5H,1-2H2,(H2,13,14,15,16,17). The molecule has 2 heterocycles. The lowest BCUT2D eigenvalue weighted by Gasteiger charge is -2.20. The lowest BCUT2D eigenvalue weighted by molar-refractivity contribution is 0.102. The number of carbonyl (C=O) groups is 1. The lowest BCUT2D eigenvalue weighted by Crippen LogP contribution is -2.18. The molecule has 0 saturated heterocycles. The van der Waals surface area contributed by atoms with E-state index in [1.807, 2.05) is 0 Å². The molecule has 0 aliphatic carbocycles. The maximum Gasteiger partial charge on any atom is 0.258 e. The number of amides is 1. The second-order valence-electron chi connectivity index (χ2n) is 3.77. The lowest BCUT2D eigenvalue weighted by atomic mass is 10.2. The number of ether oxygens (including phenoxy) is 2. The first-order valence-corrected chi connectivity index (χ1v) is 5.87. The van der Waals surface area contributed by atoms with Crippen LogP contribution in [0.3, 0.4) is 0 Å². The summed E-state index contributed by atoms with van der Waals surface area (Å²) in [5, 5.41) is 9.05. The summed E-state index contributed by atoms with van der Waals surface area (Å²) in [6, 6.07) is 3.09. The van der Waals surface area contributed by atoms with E-state index >= 15 is 0 Å². The third-order valence-corrected chi connectivity index (χ3v) is 2.79. The highest BCUT2D eigenvalue weighted by Crippen LogP contribution is 2.38. The average Bonchev–Trinajstić information content (AvgIpc) is 2.91. The molecule has 7 nitrogen and oxygen atoms in total. The number of hydrogen-bond donors (Lipinski definition) is 2. The van der Waals surface area contributed by atoms with Gasteiger partial charge in [0, 0.05) is 5.56 Å². The van der Waals surface area contributed by atoms with Crippen LogP contribution in [0.4, 0.5) is 5.95 Å². The summed E-state index contributed by atoms with van der Waals surface area (Å²) in [4.78, 5) is 15.8. The maximum absolute atomic E-state index is 12.0. The van der Waals surface area contributed by atoms with Crippen LogP contribution in [-0.4, -0.2) is 34.3 Å². The second kappa shape index (κ2) is 4.77. The average molecular weight is 281 g/mol. The van der Waals surface area contributed by atoms with Crippen LogP contribution in [-0.2, 0) is 0 Å². The minimum absolute atomic E-state index is 0.260. The van der Waals surface area contributed by atoms with E-state index in [0.29, 0.717) is 35.3 Å². The van der Waals surface area contributed by atoms with Crippen molar-refractivity contribution >= 4 is 23.5 Å². The summed E-state index contributed by atoms with van der Waals surface area (Å²) in [6.45, 7) is 0.868. The van der Waals surface area contributed by atoms with Crippen LogP contribution in [0, 0.1) is 0 Å². The molecular weight excluding hydrogens is 272 g/mol. The Hall–Kier alpha value is -2.28. The van der Waals surface area contributed by atoms with Crippen LogP contribution in [0.5, 0.6) is 11.5 Å². The Kier molecular flexibility index (Phi) is 2.96. The minimum Gasteiger partial charge on any atom is -0.486 e. The summed E-state index contributed by atoms with van der Waals surface area (Å²) in [5.74, 6) is 0.817. The summed E-state index contributed by atoms with van der Waals surface area (Å²) in [5.41, 5.74) is 0.352. The van der Waals surface area contributed by atoms with Crippen molar-refractivity contribution in [3.63, 3.8) is 0 Å². The van der Waals surface area contributed by atoms with Gasteiger partial charge in [0.15, 0.2) is 11.5 Å². The molecule has 0 atom stereocenters. The molecule has 98 valence electrons. The fourth-order valence-electron chi connectivity index (χ4n) is 1.69. The first-order chi connectivity index (χ1) is 9.24. The van der Waals surface area contributed by atoms with Gasteiger partial charge in [-0.05, 0) is 12.1 Å². The fourth-order valence-corrected chi connectivity index (χ4v) is 1.95. The molecule has 0 saturated carbocycles. The summed E-state index contributed by atoms with van der Waals surface area (Å²) >= 11 is 6.05. The second-order valence-corrected chi connectivity index (χ2v) is 4.18. The molecule has 1 aromatic heterocycles. The Morgan fingerprint density at radius 2 is 2.21 bits per heavy atom. The number of H-pyrrole nitrogens is 1. The van der Waals surface area contributed by atoms with Crippen molar-refractivity contribution < 1.29 is 14.3 Å². The van der Waals surface area contributed by atoms with Crippen LogP contribution < -0.4 is 14.8 Å². The molecule has 2 aromatic rings. The maximum atomic E-state index is 12.0. The Labute approximate surface area is 112 Å². The van der Waals surface area contributed by atoms with Crippen LogP contribution in [0.15, 0.2) is 18.5 Å². The van der Waals surface area contributed by atoms with Gasteiger partial charge in [0.25, 0.3) is 5.91 Å². The Balaban J connectivity index is 1.88. The molecule has 1 aliphatic rings. The van der Waals surface area contributed by atoms with E-state index in [-0.39, 0.29) is 11.9 Å². The van der Waals surface area contributed by atoms with Crippen molar-refractivity contribution in [1.82, 2.24) is 15.2 Å². The first-order valence-electron chi connectivity index (χ1n) is 5.50. The Bertz CT molecular complexity index is 615. The van der Waals surface area contributed by atoms with Gasteiger partial charge in [-0.1, -0.05) is 11.6 Å². The minimum atomic E-state index is -0.365. The molecule has 1 amide bonds. The van der Waals surface area contributed by atoms with Crippen molar-refractivity contribution in [2.45, 2.75) is 0 Å². The van der Waals surface area contributed by atoms with Gasteiger partial charge < -0.3 is 9.47 Å². The number of hydrogen-bond acceptors (Lipinski definition) is 5.